The summed E-state index contributed by atoms with van der Waals surface area (Å²) in [5.74, 6) is 0.165. The fourth-order valence-electron chi connectivity index (χ4n) is 4.50. The fourth-order valence-corrected chi connectivity index (χ4v) is 5.23. The van der Waals surface area contributed by atoms with Crippen molar-refractivity contribution in [2.24, 2.45) is 5.10 Å². The van der Waals surface area contributed by atoms with E-state index >= 15 is 0 Å². The number of para-hydroxylation sites is 1. The van der Waals surface area contributed by atoms with Crippen LogP contribution in [0.3, 0.4) is 0 Å². The van der Waals surface area contributed by atoms with Gasteiger partial charge in [-0.25, -0.2) is 10.2 Å². The van der Waals surface area contributed by atoms with Gasteiger partial charge < -0.3 is 29.6 Å². The third-order valence-corrected chi connectivity index (χ3v) is 7.20. The third kappa shape index (κ3) is 8.37. The average Bonchev–Trinajstić information content (AvgIpc) is 3.03. The van der Waals surface area contributed by atoms with Crippen molar-refractivity contribution in [2.75, 3.05) is 20.3 Å². The minimum absolute atomic E-state index is 0.116. The van der Waals surface area contributed by atoms with E-state index in [1.165, 1.54) is 13.3 Å². The van der Waals surface area contributed by atoms with Gasteiger partial charge in [-0.2, -0.15) is 10.4 Å². The zero-order chi connectivity index (χ0) is 32.3. The maximum absolute atomic E-state index is 12.8. The number of thiocarbonyl (C=S) groups is 1. The van der Waals surface area contributed by atoms with E-state index in [4.69, 9.17) is 31.2 Å². The Balaban J connectivity index is 1.47. The van der Waals surface area contributed by atoms with Crippen molar-refractivity contribution in [1.29, 1.82) is 5.26 Å². The lowest BCUT2D eigenvalue weighted by molar-refractivity contribution is -0.139. The highest BCUT2D eigenvalue weighted by Gasteiger charge is 2.32. The number of carbonyl (C=O) groups excluding carboxylic acids is 2. The quantitative estimate of drug-likeness (QED) is 0.105. The third-order valence-electron chi connectivity index (χ3n) is 6.52. The highest BCUT2D eigenvalue weighted by atomic mass is 79.9. The molecule has 1 aliphatic rings. The minimum atomic E-state index is -0.653. The molecule has 0 saturated heterocycles. The Morgan fingerprint density at radius 2 is 1.89 bits per heavy atom. The number of nitrogens with zero attached hydrogens (tertiary/aromatic N) is 2. The number of esters is 1. The zero-order valence-corrected chi connectivity index (χ0v) is 27.1. The molecule has 1 heterocycles. The van der Waals surface area contributed by atoms with Gasteiger partial charge in [0, 0.05) is 26.9 Å². The largest absolute Gasteiger partial charge is 0.493 e. The zero-order valence-electron chi connectivity index (χ0n) is 24.7. The van der Waals surface area contributed by atoms with E-state index in [-0.39, 0.29) is 19.8 Å². The Morgan fingerprint density at radius 3 is 2.64 bits per heavy atom. The monoisotopic (exact) mass is 691 g/mol. The van der Waals surface area contributed by atoms with Crippen LogP contribution in [0.2, 0.25) is 0 Å². The first-order chi connectivity index (χ1) is 21.7. The molecule has 232 valence electrons. The molecule has 1 atom stereocenters. The molecule has 3 aromatic carbocycles. The van der Waals surface area contributed by atoms with Crippen LogP contribution >= 0.6 is 28.1 Å². The molecule has 3 N–H and O–H groups in total. The van der Waals surface area contributed by atoms with Gasteiger partial charge in [-0.15, -0.1) is 0 Å². The molecule has 0 aromatic heterocycles. The van der Waals surface area contributed by atoms with Crippen molar-refractivity contribution >= 4 is 51.4 Å². The molecular weight excluding hydrogens is 662 g/mol. The van der Waals surface area contributed by atoms with Gasteiger partial charge in [0.15, 0.2) is 23.2 Å². The lowest BCUT2D eigenvalue weighted by Gasteiger charge is -2.30. The molecule has 0 spiro atoms. The summed E-state index contributed by atoms with van der Waals surface area (Å²) < 4.78 is 23.4. The number of rotatable bonds is 12. The van der Waals surface area contributed by atoms with Gasteiger partial charge in [0.1, 0.15) is 12.4 Å². The molecule has 1 amide bonds. The summed E-state index contributed by atoms with van der Waals surface area (Å²) in [7, 11) is 1.51. The van der Waals surface area contributed by atoms with Crippen LogP contribution in [0.1, 0.15) is 42.1 Å². The molecular formula is C32H30BrN5O6S. The molecule has 45 heavy (non-hydrogen) atoms. The van der Waals surface area contributed by atoms with E-state index in [2.05, 4.69) is 43.2 Å². The second kappa shape index (κ2) is 15.7. The van der Waals surface area contributed by atoms with E-state index < -0.39 is 17.9 Å². The molecule has 3 aromatic rings. The van der Waals surface area contributed by atoms with E-state index in [0.29, 0.717) is 60.4 Å². The Labute approximate surface area is 274 Å². The van der Waals surface area contributed by atoms with Crippen LogP contribution in [-0.2, 0) is 20.9 Å². The van der Waals surface area contributed by atoms with Crippen molar-refractivity contribution < 1.29 is 28.5 Å². The minimum Gasteiger partial charge on any atom is -0.493 e. The van der Waals surface area contributed by atoms with Crippen LogP contribution in [0, 0.1) is 11.3 Å². The maximum Gasteiger partial charge on any atom is 0.338 e. The molecule has 0 saturated carbocycles. The summed E-state index contributed by atoms with van der Waals surface area (Å²) in [6.45, 7) is 3.43. The Hall–Kier alpha value is -4.93. The van der Waals surface area contributed by atoms with Gasteiger partial charge in [0.05, 0.1) is 43.2 Å². The summed E-state index contributed by atoms with van der Waals surface area (Å²) in [6.07, 6.45) is 1.42. The fraction of sp³-hybridized carbons (Fsp3) is 0.219. The first-order valence-electron chi connectivity index (χ1n) is 13.7. The van der Waals surface area contributed by atoms with Crippen LogP contribution in [-0.4, -0.2) is 43.5 Å². The van der Waals surface area contributed by atoms with Gasteiger partial charge >= 0.3 is 5.97 Å². The van der Waals surface area contributed by atoms with Gasteiger partial charge in [-0.05, 0) is 50.3 Å². The van der Waals surface area contributed by atoms with E-state index in [1.54, 1.807) is 68.4 Å². The van der Waals surface area contributed by atoms with Crippen molar-refractivity contribution in [3.63, 3.8) is 0 Å². The smallest absolute Gasteiger partial charge is 0.338 e. The number of carbonyl (C=O) groups is 2. The lowest BCUT2D eigenvalue weighted by atomic mass is 9.95. The molecule has 0 aliphatic carbocycles. The first-order valence-corrected chi connectivity index (χ1v) is 14.9. The Bertz CT molecular complexity index is 1700. The molecule has 1 aliphatic heterocycles. The van der Waals surface area contributed by atoms with E-state index in [1.807, 2.05) is 6.07 Å². The highest BCUT2D eigenvalue weighted by Crippen LogP contribution is 2.35. The number of hydrogen-bond donors (Lipinski definition) is 3. The Kier molecular flexibility index (Phi) is 11.5. The number of hydrazone groups is 1. The number of allylic oxidation sites excluding steroid dienone is 1. The van der Waals surface area contributed by atoms with E-state index in [0.717, 1.165) is 0 Å². The van der Waals surface area contributed by atoms with Gasteiger partial charge in [0.2, 0.25) is 0 Å². The lowest BCUT2D eigenvalue weighted by Crippen LogP contribution is -2.45. The molecule has 0 bridgehead atoms. The number of methoxy groups -OCH3 is 1. The van der Waals surface area contributed by atoms with Crippen molar-refractivity contribution in [1.82, 2.24) is 16.1 Å². The SMILES string of the molecule is CCOC(=O)C1=C(C)NC(=S)N[C@@H]1c1ccccc1OCC(=O)NN=Cc1cc(Br)cc(OC)c1OCc1ccccc1C#N. The number of halogens is 1. The molecule has 0 unspecified atom stereocenters. The summed E-state index contributed by atoms with van der Waals surface area (Å²) >= 11 is 8.78. The normalized spacial score (nSPS) is 14.2. The molecule has 0 radical (unpaired) electrons. The molecule has 4 rings (SSSR count). The summed E-state index contributed by atoms with van der Waals surface area (Å²) in [4.78, 5) is 25.5. The molecule has 13 heteroatoms. The number of ether oxygens (including phenoxy) is 4. The van der Waals surface area contributed by atoms with Crippen LogP contribution in [0.5, 0.6) is 17.2 Å². The summed E-state index contributed by atoms with van der Waals surface area (Å²) in [6, 6.07) is 19.1. The van der Waals surface area contributed by atoms with Crippen molar-refractivity contribution in [3.05, 3.63) is 98.7 Å². The Morgan fingerprint density at radius 1 is 1.13 bits per heavy atom. The molecule has 11 nitrogen and oxygen atoms in total. The molecule has 0 fully saturated rings. The number of hydrogen-bond acceptors (Lipinski definition) is 9. The van der Waals surface area contributed by atoms with Crippen LogP contribution in [0.25, 0.3) is 0 Å². The number of amides is 1. The van der Waals surface area contributed by atoms with Crippen LogP contribution in [0.15, 0.2) is 81.5 Å². The van der Waals surface area contributed by atoms with Crippen molar-refractivity contribution in [2.45, 2.75) is 26.5 Å². The predicted molar refractivity (Wildman–Crippen MR) is 175 cm³/mol. The second-order valence-corrected chi connectivity index (χ2v) is 10.8. The number of benzene rings is 3. The first kappa shape index (κ1) is 33.0. The topological polar surface area (TPSA) is 143 Å². The maximum atomic E-state index is 12.8. The van der Waals surface area contributed by atoms with E-state index in [9.17, 15) is 14.9 Å². The standard InChI is InChI=1S/C32H30BrN5O6S/c1-4-42-31(40)28-19(2)36-32(45)37-29(28)24-11-7-8-12-25(24)43-18-27(39)38-35-16-22-13-23(33)14-26(41-3)30(22)44-17-21-10-6-5-9-20(21)15-34/h5-14,16,29H,4,17-18H2,1-3H3,(H,38,39)(H2,36,37,45)/t29-/m1/s1. The van der Waals surface area contributed by atoms with Crippen LogP contribution < -0.4 is 30.3 Å². The average molecular weight is 693 g/mol. The predicted octanol–water partition coefficient (Wildman–Crippen LogP) is 4.79. The van der Waals surface area contributed by atoms with Gasteiger partial charge in [0.25, 0.3) is 5.91 Å². The van der Waals surface area contributed by atoms with Crippen LogP contribution in [0.4, 0.5) is 0 Å². The van der Waals surface area contributed by atoms with Gasteiger partial charge in [-0.3, -0.25) is 4.79 Å². The number of nitriles is 1. The summed E-state index contributed by atoms with van der Waals surface area (Å²) in [5, 5.41) is 19.9. The second-order valence-electron chi connectivity index (χ2n) is 9.49. The van der Waals surface area contributed by atoms with Gasteiger partial charge in [-0.1, -0.05) is 52.3 Å². The van der Waals surface area contributed by atoms with Crippen molar-refractivity contribution in [3.8, 4) is 23.3 Å². The highest BCUT2D eigenvalue weighted by molar-refractivity contribution is 9.10. The summed E-state index contributed by atoms with van der Waals surface area (Å²) in [5.41, 5.74) is 5.70. The number of nitrogens with one attached hydrogen (secondary N) is 3.